The summed E-state index contributed by atoms with van der Waals surface area (Å²) in [6.45, 7) is 5.14. The van der Waals surface area contributed by atoms with Gasteiger partial charge in [0, 0.05) is 17.3 Å². The zero-order valence-electron chi connectivity index (χ0n) is 9.90. The largest absolute Gasteiger partial charge is 0.324 e. The molecule has 1 atom stereocenters. The highest BCUT2D eigenvalue weighted by atomic mass is 15.3. The molecule has 0 saturated heterocycles. The number of rotatable bonds is 2. The molecule has 0 spiro atoms. The van der Waals surface area contributed by atoms with E-state index in [4.69, 9.17) is 11.0 Å². The number of aromatic nitrogens is 2. The molecule has 0 bridgehead atoms. The normalized spacial score (nSPS) is 22.5. The van der Waals surface area contributed by atoms with E-state index in [1.54, 1.807) is 0 Å². The Morgan fingerprint density at radius 3 is 3.12 bits per heavy atom. The molecule has 0 amide bonds. The molecule has 0 saturated carbocycles. The van der Waals surface area contributed by atoms with Crippen molar-refractivity contribution in [2.45, 2.75) is 45.7 Å². The van der Waals surface area contributed by atoms with Crippen molar-refractivity contribution in [2.75, 3.05) is 0 Å². The smallest absolute Gasteiger partial charge is 0.0641 e. The minimum absolute atomic E-state index is 0.0922. The first-order valence-corrected chi connectivity index (χ1v) is 5.70. The van der Waals surface area contributed by atoms with Crippen LogP contribution in [-0.4, -0.2) is 9.78 Å². The maximum atomic E-state index is 8.61. The highest BCUT2D eigenvalue weighted by molar-refractivity contribution is 5.26. The molecule has 1 aliphatic rings. The number of nitrogens with two attached hydrogens (primary N) is 1. The molecule has 0 aromatic carbocycles. The number of aryl methyl sites for hydroxylation is 1. The molecule has 0 radical (unpaired) electrons. The fourth-order valence-electron chi connectivity index (χ4n) is 2.51. The van der Waals surface area contributed by atoms with Gasteiger partial charge >= 0.3 is 0 Å². The van der Waals surface area contributed by atoms with Crippen molar-refractivity contribution in [3.05, 3.63) is 17.5 Å². The molecule has 4 heteroatoms. The van der Waals surface area contributed by atoms with Gasteiger partial charge in [-0.25, -0.2) is 0 Å². The van der Waals surface area contributed by atoms with E-state index in [2.05, 4.69) is 25.0 Å². The Morgan fingerprint density at radius 1 is 1.69 bits per heavy atom. The quantitative estimate of drug-likeness (QED) is 0.822. The van der Waals surface area contributed by atoms with Crippen molar-refractivity contribution in [1.29, 1.82) is 5.26 Å². The summed E-state index contributed by atoms with van der Waals surface area (Å²) in [6, 6.07) is 2.24. The van der Waals surface area contributed by atoms with E-state index in [0.29, 0.717) is 13.0 Å². The molecule has 1 heterocycles. The zero-order chi connectivity index (χ0) is 11.8. The predicted molar refractivity (Wildman–Crippen MR) is 61.5 cm³/mol. The Labute approximate surface area is 96.0 Å². The summed E-state index contributed by atoms with van der Waals surface area (Å²) in [4.78, 5) is 0. The highest BCUT2D eigenvalue weighted by Crippen LogP contribution is 2.39. The van der Waals surface area contributed by atoms with Crippen LogP contribution < -0.4 is 5.73 Å². The number of hydrogen-bond donors (Lipinski definition) is 1. The Kier molecular flexibility index (Phi) is 2.73. The van der Waals surface area contributed by atoms with E-state index in [-0.39, 0.29) is 11.5 Å². The molecular weight excluding hydrogens is 200 g/mol. The lowest BCUT2D eigenvalue weighted by molar-refractivity contribution is 0.274. The van der Waals surface area contributed by atoms with Crippen LogP contribution in [-0.2, 0) is 13.0 Å². The van der Waals surface area contributed by atoms with E-state index in [1.807, 2.05) is 10.9 Å². The van der Waals surface area contributed by atoms with Crippen LogP contribution in [0.15, 0.2) is 6.20 Å². The van der Waals surface area contributed by atoms with Crippen molar-refractivity contribution >= 4 is 0 Å². The van der Waals surface area contributed by atoms with Gasteiger partial charge in [0.05, 0.1) is 25.2 Å². The minimum Gasteiger partial charge on any atom is -0.324 e. The summed E-state index contributed by atoms with van der Waals surface area (Å²) >= 11 is 0. The zero-order valence-corrected chi connectivity index (χ0v) is 9.90. The molecular formula is C12H18N4. The fourth-order valence-corrected chi connectivity index (χ4v) is 2.51. The molecule has 16 heavy (non-hydrogen) atoms. The molecule has 0 fully saturated rings. The van der Waals surface area contributed by atoms with Gasteiger partial charge in [0.25, 0.3) is 0 Å². The average Bonchev–Trinajstić information content (AvgIpc) is 2.56. The molecule has 1 aromatic rings. The summed E-state index contributed by atoms with van der Waals surface area (Å²) in [5.74, 6) is 0. The van der Waals surface area contributed by atoms with Crippen LogP contribution in [0.1, 0.15) is 44.0 Å². The fraction of sp³-hybridized carbons (Fsp3) is 0.667. The standard InChI is InChI=1S/C12H18N4/c1-12(2)6-10(14)9-8-15-16(5-3-4-13)11(9)7-12/h8,10H,3,5-7,14H2,1-2H3. The molecule has 2 N–H and O–H groups in total. The van der Waals surface area contributed by atoms with Crippen molar-refractivity contribution in [3.63, 3.8) is 0 Å². The maximum Gasteiger partial charge on any atom is 0.0641 e. The number of fused-ring (bicyclic) bond motifs is 1. The van der Waals surface area contributed by atoms with Gasteiger partial charge in [-0.15, -0.1) is 0 Å². The molecule has 0 aliphatic heterocycles. The van der Waals surface area contributed by atoms with Crippen molar-refractivity contribution in [1.82, 2.24) is 9.78 Å². The Bertz CT molecular complexity index is 425. The molecule has 1 unspecified atom stereocenters. The van der Waals surface area contributed by atoms with E-state index in [0.717, 1.165) is 18.4 Å². The third kappa shape index (κ3) is 1.96. The number of nitrogens with zero attached hydrogens (tertiary/aromatic N) is 3. The molecule has 2 rings (SSSR count). The van der Waals surface area contributed by atoms with Gasteiger partial charge in [0.2, 0.25) is 0 Å². The van der Waals surface area contributed by atoms with E-state index >= 15 is 0 Å². The van der Waals surface area contributed by atoms with Gasteiger partial charge < -0.3 is 5.73 Å². The van der Waals surface area contributed by atoms with Crippen molar-refractivity contribution < 1.29 is 0 Å². The molecule has 1 aromatic heterocycles. The predicted octanol–water partition coefficient (Wildman–Crippen LogP) is 1.77. The third-order valence-electron chi connectivity index (χ3n) is 3.23. The topological polar surface area (TPSA) is 67.6 Å². The van der Waals surface area contributed by atoms with Crippen LogP contribution in [0.4, 0.5) is 0 Å². The van der Waals surface area contributed by atoms with E-state index in [1.165, 1.54) is 5.69 Å². The van der Waals surface area contributed by atoms with Gasteiger partial charge in [-0.1, -0.05) is 13.8 Å². The van der Waals surface area contributed by atoms with Gasteiger partial charge in [-0.3, -0.25) is 4.68 Å². The summed E-state index contributed by atoms with van der Waals surface area (Å²) < 4.78 is 1.94. The number of nitriles is 1. The lowest BCUT2D eigenvalue weighted by atomic mass is 9.75. The lowest BCUT2D eigenvalue weighted by Crippen LogP contribution is -2.30. The van der Waals surface area contributed by atoms with Gasteiger partial charge in [-0.2, -0.15) is 10.4 Å². The van der Waals surface area contributed by atoms with Crippen LogP contribution >= 0.6 is 0 Å². The van der Waals surface area contributed by atoms with Crippen molar-refractivity contribution in [3.8, 4) is 6.07 Å². The second-order valence-corrected chi connectivity index (χ2v) is 5.33. The van der Waals surface area contributed by atoms with Crippen LogP contribution in [0.2, 0.25) is 0 Å². The first-order chi connectivity index (χ1) is 7.53. The maximum absolute atomic E-state index is 8.61. The molecule has 1 aliphatic carbocycles. The second-order valence-electron chi connectivity index (χ2n) is 5.33. The van der Waals surface area contributed by atoms with Crippen LogP contribution in [0.3, 0.4) is 0 Å². The third-order valence-corrected chi connectivity index (χ3v) is 3.23. The van der Waals surface area contributed by atoms with E-state index < -0.39 is 0 Å². The van der Waals surface area contributed by atoms with Gasteiger partial charge in [0.15, 0.2) is 0 Å². The monoisotopic (exact) mass is 218 g/mol. The Hall–Kier alpha value is -1.34. The van der Waals surface area contributed by atoms with Crippen molar-refractivity contribution in [2.24, 2.45) is 11.1 Å². The molecule has 86 valence electrons. The van der Waals surface area contributed by atoms with E-state index in [9.17, 15) is 0 Å². The number of hydrogen-bond acceptors (Lipinski definition) is 3. The second kappa shape index (κ2) is 3.91. The Balaban J connectivity index is 2.30. The summed E-state index contributed by atoms with van der Waals surface area (Å²) in [5, 5.41) is 12.9. The van der Waals surface area contributed by atoms with Crippen LogP contribution in [0.5, 0.6) is 0 Å². The van der Waals surface area contributed by atoms with Crippen LogP contribution in [0, 0.1) is 16.7 Å². The van der Waals surface area contributed by atoms with Crippen LogP contribution in [0.25, 0.3) is 0 Å². The first-order valence-electron chi connectivity index (χ1n) is 5.70. The summed E-state index contributed by atoms with van der Waals surface area (Å²) in [5.41, 5.74) is 8.76. The molecule has 4 nitrogen and oxygen atoms in total. The Morgan fingerprint density at radius 2 is 2.44 bits per heavy atom. The summed E-state index contributed by atoms with van der Waals surface area (Å²) in [7, 11) is 0. The highest BCUT2D eigenvalue weighted by Gasteiger charge is 2.32. The van der Waals surface area contributed by atoms with Gasteiger partial charge in [0.1, 0.15) is 0 Å². The minimum atomic E-state index is 0.0922. The summed E-state index contributed by atoms with van der Waals surface area (Å²) in [6.07, 6.45) is 4.38. The SMILES string of the molecule is CC1(C)Cc2c(cnn2CCC#N)C(N)C1. The lowest BCUT2D eigenvalue weighted by Gasteiger charge is -2.33. The van der Waals surface area contributed by atoms with Gasteiger partial charge in [-0.05, 0) is 18.3 Å². The average molecular weight is 218 g/mol. The first kappa shape index (κ1) is 11.2.